The van der Waals surface area contributed by atoms with Gasteiger partial charge in [0.15, 0.2) is 10.5 Å². The maximum absolute atomic E-state index is 12.3. The smallest absolute Gasteiger partial charge is 0.273 e. The van der Waals surface area contributed by atoms with Crippen LogP contribution in [0.1, 0.15) is 5.56 Å². The fraction of sp³-hybridized carbons (Fsp3) is 0. The molecule has 2 heterocycles. The molecule has 0 saturated carbocycles. The summed E-state index contributed by atoms with van der Waals surface area (Å²) < 4.78 is 6.17. The summed E-state index contributed by atoms with van der Waals surface area (Å²) in [6, 6.07) is 5.16. The Bertz CT molecular complexity index is 841. The third-order valence-corrected chi connectivity index (χ3v) is 3.48. The van der Waals surface area contributed by atoms with Crippen LogP contribution in [0.4, 0.5) is 0 Å². The Labute approximate surface area is 126 Å². The van der Waals surface area contributed by atoms with E-state index in [1.165, 1.54) is 12.3 Å². The van der Waals surface area contributed by atoms with Crippen LogP contribution in [-0.4, -0.2) is 11.0 Å². The Morgan fingerprint density at radius 2 is 2.05 bits per heavy atom. The van der Waals surface area contributed by atoms with E-state index in [9.17, 15) is 9.59 Å². The van der Waals surface area contributed by atoms with Gasteiger partial charge >= 0.3 is 0 Å². The summed E-state index contributed by atoms with van der Waals surface area (Å²) in [5, 5.41) is 5.76. The molecule has 0 bridgehead atoms. The molecule has 3 rings (SSSR count). The van der Waals surface area contributed by atoms with Crippen LogP contribution >= 0.6 is 28.1 Å². The van der Waals surface area contributed by atoms with E-state index in [2.05, 4.69) is 26.6 Å². The number of fused-ring (bicyclic) bond motifs is 1. The van der Waals surface area contributed by atoms with Crippen LogP contribution in [0, 0.1) is 0 Å². The fourth-order valence-corrected chi connectivity index (χ4v) is 2.42. The van der Waals surface area contributed by atoms with Crippen LogP contribution in [0.2, 0.25) is 0 Å². The molecule has 1 aromatic carbocycles. The van der Waals surface area contributed by atoms with Crippen LogP contribution < -0.4 is 16.1 Å². The van der Waals surface area contributed by atoms with Crippen molar-refractivity contribution in [2.75, 3.05) is 0 Å². The number of carbonyl (C=O) groups is 1. The molecular formula is C13H7BrN2O3S. The predicted molar refractivity (Wildman–Crippen MR) is 82.0 cm³/mol. The molecular weight excluding hydrogens is 344 g/mol. The highest BCUT2D eigenvalue weighted by Gasteiger charge is 2.20. The molecule has 20 heavy (non-hydrogen) atoms. The van der Waals surface area contributed by atoms with Crippen molar-refractivity contribution in [2.45, 2.75) is 0 Å². The van der Waals surface area contributed by atoms with Crippen molar-refractivity contribution < 1.29 is 9.21 Å². The minimum absolute atomic E-state index is 0.215. The largest absolute Gasteiger partial charge is 0.463 e. The minimum atomic E-state index is -0.372. The quantitative estimate of drug-likeness (QED) is 0.607. The lowest BCUT2D eigenvalue weighted by atomic mass is 10.1. The molecule has 7 heteroatoms. The molecule has 1 fully saturated rings. The Balaban J connectivity index is 2.16. The molecule has 0 unspecified atom stereocenters. The summed E-state index contributed by atoms with van der Waals surface area (Å²) in [5.74, 6) is -0.372. The van der Waals surface area contributed by atoms with Gasteiger partial charge in [-0.1, -0.05) is 15.9 Å². The molecule has 1 amide bonds. The summed E-state index contributed by atoms with van der Waals surface area (Å²) >= 11 is 8.13. The average Bonchev–Trinajstić information content (AvgIpc) is 2.72. The second-order valence-electron chi connectivity index (χ2n) is 4.13. The van der Waals surface area contributed by atoms with Gasteiger partial charge in [0, 0.05) is 4.47 Å². The topological polar surface area (TPSA) is 71.3 Å². The van der Waals surface area contributed by atoms with Crippen LogP contribution in [-0.2, 0) is 4.79 Å². The summed E-state index contributed by atoms with van der Waals surface area (Å²) in [6.07, 6.45) is 2.74. The van der Waals surface area contributed by atoms with E-state index < -0.39 is 0 Å². The second-order valence-corrected chi connectivity index (χ2v) is 5.45. The first kappa shape index (κ1) is 13.0. The number of hydrogen-bond acceptors (Lipinski definition) is 4. The monoisotopic (exact) mass is 350 g/mol. The third kappa shape index (κ3) is 2.25. The first-order chi connectivity index (χ1) is 9.54. The van der Waals surface area contributed by atoms with E-state index >= 15 is 0 Å². The number of nitrogens with one attached hydrogen (secondary N) is 2. The van der Waals surface area contributed by atoms with Crippen molar-refractivity contribution in [2.24, 2.45) is 0 Å². The minimum Gasteiger partial charge on any atom is -0.463 e. The van der Waals surface area contributed by atoms with E-state index in [-0.39, 0.29) is 27.7 Å². The fourth-order valence-electron chi connectivity index (χ4n) is 1.86. The van der Waals surface area contributed by atoms with Gasteiger partial charge in [0.2, 0.25) is 0 Å². The molecule has 1 saturated heterocycles. The summed E-state index contributed by atoms with van der Waals surface area (Å²) in [4.78, 5) is 23.9. The lowest BCUT2D eigenvalue weighted by Crippen LogP contribution is -2.21. The maximum atomic E-state index is 12.3. The summed E-state index contributed by atoms with van der Waals surface area (Å²) in [7, 11) is 0. The molecule has 2 aromatic rings. The highest BCUT2D eigenvalue weighted by Crippen LogP contribution is 2.18. The van der Waals surface area contributed by atoms with Gasteiger partial charge in [0.25, 0.3) is 5.91 Å². The zero-order valence-electron chi connectivity index (χ0n) is 9.90. The van der Waals surface area contributed by atoms with E-state index in [0.29, 0.717) is 11.0 Å². The Hall–Kier alpha value is -1.99. The maximum Gasteiger partial charge on any atom is 0.273 e. The molecule has 5 nitrogen and oxygen atoms in total. The van der Waals surface area contributed by atoms with Gasteiger partial charge in [-0.2, -0.15) is 0 Å². The van der Waals surface area contributed by atoms with Crippen molar-refractivity contribution in [3.8, 4) is 0 Å². The number of rotatable bonds is 1. The molecule has 0 atom stereocenters. The van der Waals surface area contributed by atoms with Gasteiger partial charge in [-0.15, -0.1) is 0 Å². The van der Waals surface area contributed by atoms with Gasteiger partial charge in [-0.3, -0.25) is 14.9 Å². The van der Waals surface area contributed by atoms with Gasteiger partial charge in [-0.05, 0) is 36.5 Å². The lowest BCUT2D eigenvalue weighted by Gasteiger charge is -2.00. The van der Waals surface area contributed by atoms with Crippen molar-refractivity contribution in [3.05, 3.63) is 50.4 Å². The standard InChI is InChI=1S/C13H7BrN2O3S/c14-7-1-2-10-8(4-7)11(17)6(5-19-10)3-9-12(18)16-13(20)15-9/h1-5H,(H2,15,16,18,20). The van der Waals surface area contributed by atoms with Crippen molar-refractivity contribution >= 4 is 56.2 Å². The highest BCUT2D eigenvalue weighted by molar-refractivity contribution is 9.10. The van der Waals surface area contributed by atoms with Crippen LogP contribution in [0.5, 0.6) is 0 Å². The van der Waals surface area contributed by atoms with Gasteiger partial charge in [-0.25, -0.2) is 0 Å². The van der Waals surface area contributed by atoms with E-state index in [1.54, 1.807) is 18.2 Å². The van der Waals surface area contributed by atoms with Crippen molar-refractivity contribution in [1.82, 2.24) is 10.6 Å². The van der Waals surface area contributed by atoms with E-state index in [4.69, 9.17) is 16.6 Å². The molecule has 0 radical (unpaired) electrons. The van der Waals surface area contributed by atoms with Gasteiger partial charge in [0.05, 0.1) is 10.9 Å². The van der Waals surface area contributed by atoms with Crippen molar-refractivity contribution in [1.29, 1.82) is 0 Å². The predicted octanol–water partition coefficient (Wildman–Crippen LogP) is 1.90. The number of benzene rings is 1. The first-order valence-corrected chi connectivity index (χ1v) is 6.80. The van der Waals surface area contributed by atoms with E-state index in [1.807, 2.05) is 0 Å². The van der Waals surface area contributed by atoms with Gasteiger partial charge < -0.3 is 9.73 Å². The number of thiocarbonyl (C=S) groups is 1. The highest BCUT2D eigenvalue weighted by atomic mass is 79.9. The summed E-state index contributed by atoms with van der Waals surface area (Å²) in [6.45, 7) is 0. The molecule has 1 aliphatic rings. The molecule has 1 aliphatic heterocycles. The van der Waals surface area contributed by atoms with Crippen LogP contribution in [0.3, 0.4) is 0 Å². The molecule has 0 aliphatic carbocycles. The van der Waals surface area contributed by atoms with Crippen molar-refractivity contribution in [3.63, 3.8) is 0 Å². The SMILES string of the molecule is O=C1NC(=S)NC1=Cc1coc2ccc(Br)cc2c1=O. The zero-order chi connectivity index (χ0) is 14.3. The van der Waals surface area contributed by atoms with Gasteiger partial charge in [0.1, 0.15) is 17.5 Å². The third-order valence-electron chi connectivity index (χ3n) is 2.78. The Morgan fingerprint density at radius 1 is 1.25 bits per heavy atom. The number of halogens is 1. The van der Waals surface area contributed by atoms with Crippen LogP contribution in [0.25, 0.3) is 17.0 Å². The molecule has 100 valence electrons. The molecule has 2 N–H and O–H groups in total. The normalized spacial score (nSPS) is 16.6. The average molecular weight is 351 g/mol. The van der Waals surface area contributed by atoms with E-state index in [0.717, 1.165) is 4.47 Å². The summed E-state index contributed by atoms with van der Waals surface area (Å²) in [5.41, 5.74) is 0.766. The zero-order valence-corrected chi connectivity index (χ0v) is 12.3. The second kappa shape index (κ2) is 4.84. The van der Waals surface area contributed by atoms with Crippen LogP contribution in [0.15, 0.2) is 43.8 Å². The Kier molecular flexibility index (Phi) is 3.15. The number of amides is 1. The first-order valence-electron chi connectivity index (χ1n) is 5.60. The lowest BCUT2D eigenvalue weighted by molar-refractivity contribution is -0.115. The number of hydrogen-bond donors (Lipinski definition) is 2. The molecule has 1 aromatic heterocycles. The Morgan fingerprint density at radius 3 is 2.75 bits per heavy atom. The molecule has 0 spiro atoms. The number of carbonyl (C=O) groups excluding carboxylic acids is 1.